The number of hydrogen-bond acceptors (Lipinski definition) is 3. The molecule has 0 atom stereocenters. The van der Waals surface area contributed by atoms with Crippen LogP contribution in [0.15, 0.2) is 61.3 Å². The van der Waals surface area contributed by atoms with Gasteiger partial charge in [0, 0.05) is 23.9 Å². The molecule has 21 heavy (non-hydrogen) atoms. The molecule has 0 saturated carbocycles. The minimum absolute atomic E-state index is 0.135. The molecule has 0 N–H and O–H groups in total. The zero-order chi connectivity index (χ0) is 15.2. The maximum absolute atomic E-state index is 11.4. The minimum Gasteiger partial charge on any atom is -0.456 e. The van der Waals surface area contributed by atoms with Crippen LogP contribution in [0.4, 0.5) is 0 Å². The molecule has 4 nitrogen and oxygen atoms in total. The van der Waals surface area contributed by atoms with Gasteiger partial charge in [0.2, 0.25) is 0 Å². The van der Waals surface area contributed by atoms with E-state index >= 15 is 0 Å². The van der Waals surface area contributed by atoms with Crippen molar-refractivity contribution < 1.29 is 9.53 Å². The Labute approximate surface area is 124 Å². The summed E-state index contributed by atoms with van der Waals surface area (Å²) in [7, 11) is 0. The van der Waals surface area contributed by atoms with E-state index in [9.17, 15) is 4.79 Å². The first-order valence-electron chi connectivity index (χ1n) is 6.67. The van der Waals surface area contributed by atoms with Gasteiger partial charge in [-0.1, -0.05) is 43.0 Å². The smallest absolute Gasteiger partial charge is 0.333 e. The van der Waals surface area contributed by atoms with Crippen LogP contribution in [-0.4, -0.2) is 15.5 Å². The first-order valence-corrected chi connectivity index (χ1v) is 6.67. The number of hydrogen-bond donors (Lipinski definition) is 0. The highest BCUT2D eigenvalue weighted by Crippen LogP contribution is 2.19. The highest BCUT2D eigenvalue weighted by atomic mass is 16.5. The average Bonchev–Trinajstić information content (AvgIpc) is 2.89. The van der Waals surface area contributed by atoms with Crippen molar-refractivity contribution in [3.63, 3.8) is 0 Å². The summed E-state index contributed by atoms with van der Waals surface area (Å²) >= 11 is 0. The molecular weight excluding hydrogens is 264 g/mol. The number of imidazole rings is 1. The van der Waals surface area contributed by atoms with E-state index in [0.29, 0.717) is 17.8 Å². The normalized spacial score (nSPS) is 10.1. The molecule has 0 radical (unpaired) electrons. The molecular formula is C17H18N2O2. The molecule has 0 saturated heterocycles. The van der Waals surface area contributed by atoms with Gasteiger partial charge in [-0.3, -0.25) is 0 Å². The number of benzene rings is 1. The second-order valence-corrected chi connectivity index (χ2v) is 4.72. The monoisotopic (exact) mass is 282 g/mol. The van der Waals surface area contributed by atoms with Crippen molar-refractivity contribution in [2.45, 2.75) is 20.1 Å². The molecule has 0 spiro atoms. The zero-order valence-electron chi connectivity index (χ0n) is 12.1. The molecule has 2 rings (SSSR count). The average molecular weight is 282 g/mol. The molecule has 0 unspecified atom stereocenters. The zero-order valence-corrected chi connectivity index (χ0v) is 12.1. The third kappa shape index (κ3) is 3.69. The second-order valence-electron chi connectivity index (χ2n) is 4.72. The van der Waals surface area contributed by atoms with E-state index in [1.54, 1.807) is 13.0 Å². The number of carbonyl (C=O) groups excluding carboxylic acids is 1. The van der Waals surface area contributed by atoms with Crippen molar-refractivity contribution in [3.05, 3.63) is 67.0 Å². The van der Waals surface area contributed by atoms with Crippen LogP contribution in [0.3, 0.4) is 0 Å². The fraction of sp³-hybridized carbons (Fsp3) is 0.176. The van der Waals surface area contributed by atoms with Crippen molar-refractivity contribution in [3.8, 4) is 11.4 Å². The van der Waals surface area contributed by atoms with E-state index in [1.165, 1.54) is 0 Å². The standard InChI is InChI=1S/C17H18N2O2/c1-4-10-19-11-15(12-21-17(20)13(2)3)18-16(19)14-8-6-5-7-9-14/h4-9,11H,1-2,10,12H2,3H3. The quantitative estimate of drug-likeness (QED) is 0.463. The van der Waals surface area contributed by atoms with Crippen LogP contribution >= 0.6 is 0 Å². The third-order valence-corrected chi connectivity index (χ3v) is 2.88. The molecule has 0 aliphatic heterocycles. The molecule has 108 valence electrons. The molecule has 1 aromatic carbocycles. The molecule has 0 amide bonds. The van der Waals surface area contributed by atoms with Gasteiger partial charge in [0.1, 0.15) is 12.4 Å². The number of esters is 1. The second kappa shape index (κ2) is 6.70. The lowest BCUT2D eigenvalue weighted by molar-refractivity contribution is -0.140. The predicted octanol–water partition coefficient (Wildman–Crippen LogP) is 3.36. The van der Waals surface area contributed by atoms with Crippen molar-refractivity contribution in [1.82, 2.24) is 9.55 Å². The van der Waals surface area contributed by atoms with E-state index < -0.39 is 5.97 Å². The Morgan fingerprint density at radius 1 is 1.38 bits per heavy atom. The van der Waals surface area contributed by atoms with Gasteiger partial charge in [-0.25, -0.2) is 9.78 Å². The third-order valence-electron chi connectivity index (χ3n) is 2.88. The first-order chi connectivity index (χ1) is 10.1. The van der Waals surface area contributed by atoms with Crippen LogP contribution in [0.5, 0.6) is 0 Å². The van der Waals surface area contributed by atoms with Crippen LogP contribution in [0.25, 0.3) is 11.4 Å². The molecule has 0 bridgehead atoms. The van der Waals surface area contributed by atoms with Crippen LogP contribution in [0.1, 0.15) is 12.6 Å². The van der Waals surface area contributed by atoms with Crippen molar-refractivity contribution in [2.24, 2.45) is 0 Å². The summed E-state index contributed by atoms with van der Waals surface area (Å²) in [5.41, 5.74) is 2.09. The van der Waals surface area contributed by atoms with Gasteiger partial charge >= 0.3 is 5.97 Å². The predicted molar refractivity (Wildman–Crippen MR) is 82.5 cm³/mol. The van der Waals surface area contributed by atoms with E-state index in [0.717, 1.165) is 11.4 Å². The summed E-state index contributed by atoms with van der Waals surface area (Å²) < 4.78 is 7.11. The lowest BCUT2D eigenvalue weighted by Gasteiger charge is -2.03. The molecule has 1 heterocycles. The summed E-state index contributed by atoms with van der Waals surface area (Å²) in [5, 5.41) is 0. The van der Waals surface area contributed by atoms with Crippen LogP contribution < -0.4 is 0 Å². The fourth-order valence-electron chi connectivity index (χ4n) is 1.90. The Morgan fingerprint density at radius 3 is 2.71 bits per heavy atom. The number of carbonyl (C=O) groups is 1. The highest BCUT2D eigenvalue weighted by molar-refractivity contribution is 5.86. The molecule has 0 aliphatic rings. The maximum Gasteiger partial charge on any atom is 0.333 e. The van der Waals surface area contributed by atoms with Gasteiger partial charge in [-0.2, -0.15) is 0 Å². The Morgan fingerprint density at radius 2 is 2.10 bits per heavy atom. The van der Waals surface area contributed by atoms with Gasteiger partial charge in [0.05, 0.1) is 5.69 Å². The number of rotatable bonds is 6. The van der Waals surface area contributed by atoms with Crippen molar-refractivity contribution >= 4 is 5.97 Å². The summed E-state index contributed by atoms with van der Waals surface area (Å²) in [5.74, 6) is 0.423. The van der Waals surface area contributed by atoms with Gasteiger partial charge < -0.3 is 9.30 Å². The van der Waals surface area contributed by atoms with E-state index in [1.807, 2.05) is 41.1 Å². The molecule has 0 fully saturated rings. The Kier molecular flexibility index (Phi) is 4.72. The maximum atomic E-state index is 11.4. The molecule has 4 heteroatoms. The summed E-state index contributed by atoms with van der Waals surface area (Å²) in [6.45, 7) is 9.70. The Bertz CT molecular complexity index is 657. The Hall–Kier alpha value is -2.62. The van der Waals surface area contributed by atoms with E-state index in [4.69, 9.17) is 4.74 Å². The van der Waals surface area contributed by atoms with Crippen molar-refractivity contribution in [2.75, 3.05) is 0 Å². The van der Waals surface area contributed by atoms with Gasteiger partial charge in [-0.05, 0) is 6.92 Å². The van der Waals surface area contributed by atoms with Crippen LogP contribution in [0.2, 0.25) is 0 Å². The summed E-state index contributed by atoms with van der Waals surface area (Å²) in [6.07, 6.45) is 3.67. The minimum atomic E-state index is -0.408. The number of ether oxygens (including phenoxy) is 1. The molecule has 1 aromatic heterocycles. The van der Waals surface area contributed by atoms with Crippen molar-refractivity contribution in [1.29, 1.82) is 0 Å². The van der Waals surface area contributed by atoms with E-state index in [2.05, 4.69) is 18.1 Å². The lowest BCUT2D eigenvalue weighted by atomic mass is 10.2. The topological polar surface area (TPSA) is 44.1 Å². The van der Waals surface area contributed by atoms with Gasteiger partial charge in [-0.15, -0.1) is 6.58 Å². The largest absolute Gasteiger partial charge is 0.456 e. The molecule has 2 aromatic rings. The van der Waals surface area contributed by atoms with Gasteiger partial charge in [0.15, 0.2) is 0 Å². The SMILES string of the molecule is C=CCn1cc(COC(=O)C(=C)C)nc1-c1ccccc1. The van der Waals surface area contributed by atoms with Crippen LogP contribution in [-0.2, 0) is 22.7 Å². The first kappa shape index (κ1) is 14.8. The lowest BCUT2D eigenvalue weighted by Crippen LogP contribution is -2.04. The highest BCUT2D eigenvalue weighted by Gasteiger charge is 2.11. The fourth-order valence-corrected chi connectivity index (χ4v) is 1.90. The summed E-state index contributed by atoms with van der Waals surface area (Å²) in [4.78, 5) is 16.0. The van der Waals surface area contributed by atoms with Gasteiger partial charge in [0.25, 0.3) is 0 Å². The number of nitrogens with zero attached hydrogens (tertiary/aromatic N) is 2. The Balaban J connectivity index is 2.23. The summed E-state index contributed by atoms with van der Waals surface area (Å²) in [6, 6.07) is 9.86. The van der Waals surface area contributed by atoms with E-state index in [-0.39, 0.29) is 6.61 Å². The number of allylic oxidation sites excluding steroid dienone is 1. The van der Waals surface area contributed by atoms with Crippen LogP contribution in [0, 0.1) is 0 Å². The molecule has 0 aliphatic carbocycles. The number of aromatic nitrogens is 2.